The number of rotatable bonds is 7. The Labute approximate surface area is 176 Å². The van der Waals surface area contributed by atoms with Crippen molar-refractivity contribution in [3.63, 3.8) is 0 Å². The summed E-state index contributed by atoms with van der Waals surface area (Å²) in [5, 5.41) is 5.14. The van der Waals surface area contributed by atoms with Crippen LogP contribution >= 0.6 is 0 Å². The van der Waals surface area contributed by atoms with Crippen LogP contribution in [0.1, 0.15) is 47.5 Å². The molecular weight excluding hydrogens is 415 g/mol. The average Bonchev–Trinajstić information content (AvgIpc) is 3.39. The minimum atomic E-state index is -4.54. The maximum Gasteiger partial charge on any atom is 0.416 e. The molecule has 166 valence electrons. The van der Waals surface area contributed by atoms with Crippen LogP contribution in [0.4, 0.5) is 13.2 Å². The first kappa shape index (κ1) is 22.4. The molecule has 2 heterocycles. The number of likely N-dealkylation sites (tertiary alicyclic amines) is 1. The molecule has 2 aromatic rings. The number of alkyl halides is 3. The van der Waals surface area contributed by atoms with Crippen molar-refractivity contribution in [2.24, 2.45) is 0 Å². The van der Waals surface area contributed by atoms with Crippen molar-refractivity contribution in [1.82, 2.24) is 15.5 Å². The summed E-state index contributed by atoms with van der Waals surface area (Å²) in [6.07, 6.45) is -2.22. The molecule has 1 fully saturated rings. The fraction of sp³-hybridized carbons (Fsp3) is 0.381. The molecule has 1 aromatic carbocycles. The van der Waals surface area contributed by atoms with Crippen LogP contribution in [-0.2, 0) is 15.8 Å². The zero-order valence-electron chi connectivity index (χ0n) is 16.7. The van der Waals surface area contributed by atoms with Gasteiger partial charge in [0.05, 0.1) is 17.9 Å². The van der Waals surface area contributed by atoms with Crippen LogP contribution in [0.2, 0.25) is 0 Å². The summed E-state index contributed by atoms with van der Waals surface area (Å²) < 4.78 is 44.5. The molecule has 3 rings (SSSR count). The lowest BCUT2D eigenvalue weighted by molar-refractivity contribution is -0.137. The number of carbonyl (C=O) groups excluding carboxylic acids is 3. The lowest BCUT2D eigenvalue weighted by Gasteiger charge is -2.27. The molecule has 2 N–H and O–H groups in total. The van der Waals surface area contributed by atoms with Crippen LogP contribution in [0, 0.1) is 0 Å². The molecular formula is C21H22F3N3O4. The third-order valence-electron chi connectivity index (χ3n) is 4.99. The van der Waals surface area contributed by atoms with Crippen LogP contribution in [-0.4, -0.2) is 41.8 Å². The smallest absolute Gasteiger partial charge is 0.416 e. The van der Waals surface area contributed by atoms with E-state index in [-0.39, 0.29) is 23.8 Å². The Balaban J connectivity index is 1.77. The Kier molecular flexibility index (Phi) is 6.67. The highest BCUT2D eigenvalue weighted by Crippen LogP contribution is 2.31. The summed E-state index contributed by atoms with van der Waals surface area (Å²) in [6, 6.07) is 5.71. The highest BCUT2D eigenvalue weighted by molar-refractivity contribution is 5.95. The third kappa shape index (κ3) is 5.65. The molecule has 0 bridgehead atoms. The summed E-state index contributed by atoms with van der Waals surface area (Å²) in [7, 11) is 0. The van der Waals surface area contributed by atoms with Gasteiger partial charge in [-0.15, -0.1) is 0 Å². The molecule has 0 spiro atoms. The second-order valence-electron chi connectivity index (χ2n) is 7.30. The summed E-state index contributed by atoms with van der Waals surface area (Å²) in [5.74, 6) is -1.30. The van der Waals surface area contributed by atoms with Gasteiger partial charge in [-0.1, -0.05) is 12.1 Å². The summed E-state index contributed by atoms with van der Waals surface area (Å²) in [6.45, 7) is 1.94. The van der Waals surface area contributed by atoms with Crippen molar-refractivity contribution in [1.29, 1.82) is 0 Å². The molecule has 1 aliphatic rings. The standard InChI is InChI=1S/C21H22F3N3O4/c1-13(25-20(30)17-7-4-10-31-17)19(29)26-16(12-27-9-3-8-18(27)28)14-5-2-6-15(11-14)21(22,23)24/h2,4-7,10-11,13,16H,3,8-9,12H2,1H3,(H,25,30)(H,26,29)/t13-,16-/m1/s1. The van der Waals surface area contributed by atoms with Crippen LogP contribution in [0.3, 0.4) is 0 Å². The van der Waals surface area contributed by atoms with Crippen molar-refractivity contribution in [2.45, 2.75) is 38.0 Å². The van der Waals surface area contributed by atoms with Gasteiger partial charge in [0, 0.05) is 19.5 Å². The zero-order chi connectivity index (χ0) is 22.6. The topological polar surface area (TPSA) is 91.7 Å². The number of furan rings is 1. The zero-order valence-corrected chi connectivity index (χ0v) is 16.7. The van der Waals surface area contributed by atoms with Gasteiger partial charge in [0.25, 0.3) is 5.91 Å². The number of nitrogens with zero attached hydrogens (tertiary/aromatic N) is 1. The Morgan fingerprint density at radius 3 is 2.58 bits per heavy atom. The Bertz CT molecular complexity index is 944. The van der Waals surface area contributed by atoms with Crippen molar-refractivity contribution >= 4 is 17.7 Å². The fourth-order valence-corrected chi connectivity index (χ4v) is 3.32. The van der Waals surface area contributed by atoms with E-state index >= 15 is 0 Å². The molecule has 2 atom stereocenters. The maximum atomic E-state index is 13.2. The van der Waals surface area contributed by atoms with Gasteiger partial charge in [0.1, 0.15) is 6.04 Å². The normalized spacial score (nSPS) is 16.1. The molecule has 0 unspecified atom stereocenters. The van der Waals surface area contributed by atoms with Crippen LogP contribution in [0.5, 0.6) is 0 Å². The fourth-order valence-electron chi connectivity index (χ4n) is 3.32. The van der Waals surface area contributed by atoms with Gasteiger partial charge < -0.3 is 20.0 Å². The SMILES string of the molecule is C[C@@H](NC(=O)c1ccco1)C(=O)N[C@H](CN1CCCC1=O)c1cccc(C(F)(F)F)c1. The Hall–Kier alpha value is -3.30. The van der Waals surface area contributed by atoms with Crippen LogP contribution in [0.25, 0.3) is 0 Å². The lowest BCUT2D eigenvalue weighted by atomic mass is 10.0. The van der Waals surface area contributed by atoms with Gasteiger partial charge in [0.2, 0.25) is 11.8 Å². The largest absolute Gasteiger partial charge is 0.459 e. The molecule has 0 aliphatic carbocycles. The second-order valence-corrected chi connectivity index (χ2v) is 7.30. The van der Waals surface area contributed by atoms with E-state index < -0.39 is 35.6 Å². The quantitative estimate of drug-likeness (QED) is 0.697. The predicted molar refractivity (Wildman–Crippen MR) is 104 cm³/mol. The van der Waals surface area contributed by atoms with Crippen LogP contribution < -0.4 is 10.6 Å². The highest BCUT2D eigenvalue weighted by Gasteiger charge is 2.32. The van der Waals surface area contributed by atoms with Gasteiger partial charge >= 0.3 is 6.18 Å². The first-order valence-corrected chi connectivity index (χ1v) is 9.75. The monoisotopic (exact) mass is 437 g/mol. The minimum Gasteiger partial charge on any atom is -0.459 e. The molecule has 31 heavy (non-hydrogen) atoms. The van der Waals surface area contributed by atoms with Crippen molar-refractivity contribution in [3.05, 3.63) is 59.5 Å². The lowest BCUT2D eigenvalue weighted by Crippen LogP contribution is -2.48. The van der Waals surface area contributed by atoms with Crippen LogP contribution in [0.15, 0.2) is 47.1 Å². The molecule has 10 heteroatoms. The van der Waals surface area contributed by atoms with E-state index in [1.807, 2.05) is 0 Å². The van der Waals surface area contributed by atoms with Gasteiger partial charge in [-0.3, -0.25) is 14.4 Å². The molecule has 1 aliphatic heterocycles. The van der Waals surface area contributed by atoms with E-state index in [1.54, 1.807) is 0 Å². The Morgan fingerprint density at radius 2 is 1.97 bits per heavy atom. The summed E-state index contributed by atoms with van der Waals surface area (Å²) in [4.78, 5) is 38.3. The van der Waals surface area contributed by atoms with E-state index in [9.17, 15) is 27.6 Å². The summed E-state index contributed by atoms with van der Waals surface area (Å²) >= 11 is 0. The first-order chi connectivity index (χ1) is 14.6. The van der Waals surface area contributed by atoms with E-state index in [0.29, 0.717) is 19.4 Å². The number of hydrogen-bond acceptors (Lipinski definition) is 4. The number of carbonyl (C=O) groups is 3. The average molecular weight is 437 g/mol. The molecule has 1 aromatic heterocycles. The number of amides is 3. The summed E-state index contributed by atoms with van der Waals surface area (Å²) in [5.41, 5.74) is -0.636. The van der Waals surface area contributed by atoms with E-state index in [0.717, 1.165) is 12.1 Å². The number of benzene rings is 1. The van der Waals surface area contributed by atoms with Gasteiger partial charge in [-0.2, -0.15) is 13.2 Å². The molecule has 0 saturated carbocycles. The molecule has 0 radical (unpaired) electrons. The molecule has 7 nitrogen and oxygen atoms in total. The number of nitrogens with one attached hydrogen (secondary N) is 2. The highest BCUT2D eigenvalue weighted by atomic mass is 19.4. The third-order valence-corrected chi connectivity index (χ3v) is 4.99. The van der Waals surface area contributed by atoms with E-state index in [2.05, 4.69) is 10.6 Å². The van der Waals surface area contributed by atoms with Gasteiger partial charge in [0.15, 0.2) is 5.76 Å². The first-order valence-electron chi connectivity index (χ1n) is 9.75. The Morgan fingerprint density at radius 1 is 1.19 bits per heavy atom. The predicted octanol–water partition coefficient (Wildman–Crippen LogP) is 2.90. The molecule has 1 saturated heterocycles. The van der Waals surface area contributed by atoms with Gasteiger partial charge in [-0.05, 0) is 43.2 Å². The molecule has 3 amide bonds. The van der Waals surface area contributed by atoms with E-state index in [4.69, 9.17) is 4.42 Å². The second kappa shape index (κ2) is 9.23. The number of halogens is 3. The van der Waals surface area contributed by atoms with Crippen molar-refractivity contribution in [2.75, 3.05) is 13.1 Å². The maximum absolute atomic E-state index is 13.2. The number of hydrogen-bond donors (Lipinski definition) is 2. The van der Waals surface area contributed by atoms with E-state index in [1.165, 1.54) is 42.4 Å². The minimum absolute atomic E-state index is 0.0248. The van der Waals surface area contributed by atoms with Crippen molar-refractivity contribution in [3.8, 4) is 0 Å². The van der Waals surface area contributed by atoms with Crippen molar-refractivity contribution < 1.29 is 32.0 Å². The van der Waals surface area contributed by atoms with Gasteiger partial charge in [-0.25, -0.2) is 0 Å².